The molecule has 7 heteroatoms. The molecule has 0 spiro atoms. The molecule has 0 N–H and O–H groups in total. The van der Waals surface area contributed by atoms with Crippen molar-refractivity contribution in [2.24, 2.45) is 0 Å². The third kappa shape index (κ3) is 2.65. The van der Waals surface area contributed by atoms with Gasteiger partial charge in [0.1, 0.15) is 17.3 Å². The highest BCUT2D eigenvalue weighted by Gasteiger charge is 2.13. The molecule has 0 amide bonds. The first kappa shape index (κ1) is 14.8. The van der Waals surface area contributed by atoms with Crippen LogP contribution in [0.2, 0.25) is 10.0 Å². The average molecular weight is 338 g/mol. The van der Waals surface area contributed by atoms with Gasteiger partial charge in [0, 0.05) is 30.2 Å². The Labute approximate surface area is 136 Å². The summed E-state index contributed by atoms with van der Waals surface area (Å²) >= 11 is 12.2. The highest BCUT2D eigenvalue weighted by Crippen LogP contribution is 2.29. The van der Waals surface area contributed by atoms with Crippen molar-refractivity contribution in [2.75, 3.05) is 7.11 Å². The lowest BCUT2D eigenvalue weighted by molar-refractivity contribution is 0.411. The van der Waals surface area contributed by atoms with Crippen molar-refractivity contribution in [3.05, 3.63) is 58.7 Å². The van der Waals surface area contributed by atoms with E-state index < -0.39 is 5.82 Å². The summed E-state index contributed by atoms with van der Waals surface area (Å²) in [5, 5.41) is 5.05. The number of hydrogen-bond donors (Lipinski definition) is 0. The zero-order chi connectivity index (χ0) is 15.7. The smallest absolute Gasteiger partial charge is 0.136 e. The fraction of sp³-hybridized carbons (Fsp3) is 0.0667. The monoisotopic (exact) mass is 337 g/mol. The summed E-state index contributed by atoms with van der Waals surface area (Å²) in [5.41, 5.74) is 1.32. The SMILES string of the molecule is COc1ccc(-c2ccn(-c3c(Cl)cncc3Cl)n2)c(F)c1. The molecule has 2 aromatic heterocycles. The molecule has 0 aliphatic rings. The number of rotatable bonds is 3. The van der Waals surface area contributed by atoms with Crippen molar-refractivity contribution in [3.63, 3.8) is 0 Å². The summed E-state index contributed by atoms with van der Waals surface area (Å²) in [7, 11) is 1.48. The van der Waals surface area contributed by atoms with Crippen LogP contribution in [0.5, 0.6) is 5.75 Å². The largest absolute Gasteiger partial charge is 0.497 e. The Hall–Kier alpha value is -2.11. The molecule has 0 aliphatic heterocycles. The minimum absolute atomic E-state index is 0.359. The van der Waals surface area contributed by atoms with Crippen LogP contribution in [0.3, 0.4) is 0 Å². The van der Waals surface area contributed by atoms with Crippen LogP contribution in [0.25, 0.3) is 16.9 Å². The van der Waals surface area contributed by atoms with Crippen LogP contribution in [-0.4, -0.2) is 21.9 Å². The first-order chi connectivity index (χ1) is 10.6. The zero-order valence-corrected chi connectivity index (χ0v) is 12.9. The first-order valence-corrected chi connectivity index (χ1v) is 7.04. The fourth-order valence-electron chi connectivity index (χ4n) is 2.05. The molecule has 0 bridgehead atoms. The normalized spacial score (nSPS) is 10.7. The summed E-state index contributed by atoms with van der Waals surface area (Å²) in [5.74, 6) is 0.0254. The minimum Gasteiger partial charge on any atom is -0.497 e. The molecule has 0 fully saturated rings. The van der Waals surface area contributed by atoms with Crippen LogP contribution in [0.4, 0.5) is 4.39 Å². The molecular formula is C15H10Cl2FN3O. The third-order valence-corrected chi connectivity index (χ3v) is 3.65. The van der Waals surface area contributed by atoms with Crippen LogP contribution >= 0.6 is 23.2 Å². The molecule has 3 aromatic rings. The van der Waals surface area contributed by atoms with Gasteiger partial charge in [0.2, 0.25) is 0 Å². The molecule has 0 saturated heterocycles. The highest BCUT2D eigenvalue weighted by molar-refractivity contribution is 6.37. The van der Waals surface area contributed by atoms with E-state index in [0.717, 1.165) is 0 Å². The Bertz CT molecular complexity index is 815. The van der Waals surface area contributed by atoms with Crippen molar-refractivity contribution in [2.45, 2.75) is 0 Å². The van der Waals surface area contributed by atoms with Crippen LogP contribution in [0, 0.1) is 5.82 Å². The molecule has 3 rings (SSSR count). The Balaban J connectivity index is 2.05. The number of pyridine rings is 1. The lowest BCUT2D eigenvalue weighted by atomic mass is 10.1. The van der Waals surface area contributed by atoms with Crippen molar-refractivity contribution in [1.29, 1.82) is 0 Å². The number of nitrogens with zero attached hydrogens (tertiary/aromatic N) is 3. The van der Waals surface area contributed by atoms with E-state index in [0.29, 0.717) is 32.7 Å². The standard InChI is InChI=1S/C15H10Cl2FN3O/c1-22-9-2-3-10(13(18)6-9)14-4-5-21(20-14)15-11(16)7-19-8-12(15)17/h2-8H,1H3. The van der Waals surface area contributed by atoms with Crippen molar-refractivity contribution in [3.8, 4) is 22.7 Å². The second-order valence-electron chi connectivity index (χ2n) is 4.44. The van der Waals surface area contributed by atoms with Gasteiger partial charge in [-0.1, -0.05) is 23.2 Å². The molecule has 0 atom stereocenters. The molecule has 0 radical (unpaired) electrons. The van der Waals surface area contributed by atoms with Crippen molar-refractivity contribution < 1.29 is 9.13 Å². The van der Waals surface area contributed by atoms with Crippen molar-refractivity contribution in [1.82, 2.24) is 14.8 Å². The van der Waals surface area contributed by atoms with E-state index in [1.165, 1.54) is 30.3 Å². The predicted molar refractivity (Wildman–Crippen MR) is 83.3 cm³/mol. The number of aromatic nitrogens is 3. The van der Waals surface area contributed by atoms with Gasteiger partial charge in [-0.3, -0.25) is 4.98 Å². The number of hydrogen-bond acceptors (Lipinski definition) is 3. The van der Waals surface area contributed by atoms with E-state index in [1.807, 2.05) is 0 Å². The summed E-state index contributed by atoms with van der Waals surface area (Å²) < 4.78 is 20.6. The first-order valence-electron chi connectivity index (χ1n) is 6.29. The maximum Gasteiger partial charge on any atom is 0.136 e. The molecule has 0 saturated carbocycles. The minimum atomic E-state index is -0.420. The van der Waals surface area contributed by atoms with Crippen LogP contribution in [-0.2, 0) is 0 Å². The Kier molecular flexibility index (Phi) is 4.00. The van der Waals surface area contributed by atoms with Gasteiger partial charge in [-0.05, 0) is 18.2 Å². The maximum atomic E-state index is 14.1. The Morgan fingerprint density at radius 3 is 2.50 bits per heavy atom. The summed E-state index contributed by atoms with van der Waals surface area (Å²) in [4.78, 5) is 3.89. The van der Waals surface area contributed by atoms with E-state index in [9.17, 15) is 4.39 Å². The zero-order valence-electron chi connectivity index (χ0n) is 11.4. The molecule has 0 aliphatic carbocycles. The van der Waals surface area contributed by atoms with Gasteiger partial charge in [0.25, 0.3) is 0 Å². The number of ether oxygens (including phenoxy) is 1. The van der Waals surface area contributed by atoms with Gasteiger partial charge in [-0.2, -0.15) is 5.10 Å². The van der Waals surface area contributed by atoms with Gasteiger partial charge in [-0.25, -0.2) is 9.07 Å². The van der Waals surface area contributed by atoms with E-state index in [2.05, 4.69) is 10.1 Å². The maximum absolute atomic E-state index is 14.1. The average Bonchev–Trinajstić information content (AvgIpc) is 2.96. The molecule has 2 heterocycles. The molecular weight excluding hydrogens is 328 g/mol. The van der Waals surface area contributed by atoms with Crippen molar-refractivity contribution >= 4 is 23.2 Å². The Morgan fingerprint density at radius 2 is 1.86 bits per heavy atom. The van der Waals surface area contributed by atoms with Gasteiger partial charge in [-0.15, -0.1) is 0 Å². The lowest BCUT2D eigenvalue weighted by Gasteiger charge is -2.06. The molecule has 4 nitrogen and oxygen atoms in total. The van der Waals surface area contributed by atoms with E-state index >= 15 is 0 Å². The number of halogens is 3. The lowest BCUT2D eigenvalue weighted by Crippen LogP contribution is -1.98. The number of methoxy groups -OCH3 is 1. The van der Waals surface area contributed by atoms with Gasteiger partial charge >= 0.3 is 0 Å². The molecule has 1 aromatic carbocycles. The molecule has 22 heavy (non-hydrogen) atoms. The van der Waals surface area contributed by atoms with E-state index in [1.54, 1.807) is 24.4 Å². The van der Waals surface area contributed by atoms with Crippen LogP contribution in [0.1, 0.15) is 0 Å². The van der Waals surface area contributed by atoms with Gasteiger partial charge in [0.05, 0.1) is 22.8 Å². The van der Waals surface area contributed by atoms with Crippen LogP contribution < -0.4 is 4.74 Å². The topological polar surface area (TPSA) is 39.9 Å². The van der Waals surface area contributed by atoms with E-state index in [4.69, 9.17) is 27.9 Å². The second kappa shape index (κ2) is 5.94. The fourth-order valence-corrected chi connectivity index (χ4v) is 2.58. The van der Waals surface area contributed by atoms with Gasteiger partial charge < -0.3 is 4.74 Å². The molecule has 0 unspecified atom stereocenters. The summed E-state index contributed by atoms with van der Waals surface area (Å²) in [6.07, 6.45) is 4.60. The summed E-state index contributed by atoms with van der Waals surface area (Å²) in [6.45, 7) is 0. The quantitative estimate of drug-likeness (QED) is 0.711. The summed E-state index contributed by atoms with van der Waals surface area (Å²) in [6, 6.07) is 6.26. The number of benzene rings is 1. The third-order valence-electron chi connectivity index (χ3n) is 3.10. The molecule has 112 valence electrons. The van der Waals surface area contributed by atoms with Crippen LogP contribution in [0.15, 0.2) is 42.9 Å². The second-order valence-corrected chi connectivity index (χ2v) is 5.26. The van der Waals surface area contributed by atoms with E-state index in [-0.39, 0.29) is 0 Å². The van der Waals surface area contributed by atoms with Gasteiger partial charge in [0.15, 0.2) is 0 Å². The highest BCUT2D eigenvalue weighted by atomic mass is 35.5. The predicted octanol–water partition coefficient (Wildman–Crippen LogP) is 4.39. The Morgan fingerprint density at radius 1 is 1.14 bits per heavy atom.